The molecule has 1 aliphatic heterocycles. The Morgan fingerprint density at radius 2 is 1.78 bits per heavy atom. The molecule has 1 aromatic heterocycles. The molecule has 3 N–H and O–H groups in total. The number of rotatable bonds is 9. The molecule has 1 aliphatic rings. The Labute approximate surface area is 214 Å². The first-order chi connectivity index (χ1) is 17.8. The zero-order chi connectivity index (χ0) is 26.4. The van der Waals surface area contributed by atoms with Gasteiger partial charge in [-0.2, -0.15) is 4.31 Å². The van der Waals surface area contributed by atoms with Crippen molar-refractivity contribution in [2.75, 3.05) is 38.5 Å². The van der Waals surface area contributed by atoms with Crippen LogP contribution in [0.2, 0.25) is 0 Å². The lowest BCUT2D eigenvalue weighted by atomic mass is 10.1. The number of hydrogen-bond donors (Lipinski definition) is 3. The van der Waals surface area contributed by atoms with E-state index in [9.17, 15) is 22.8 Å². The van der Waals surface area contributed by atoms with Gasteiger partial charge in [0.1, 0.15) is 6.29 Å². The molecule has 3 aromatic rings. The van der Waals surface area contributed by atoms with Gasteiger partial charge in [-0.1, -0.05) is 6.07 Å². The molecule has 37 heavy (non-hydrogen) atoms. The molecule has 1 fully saturated rings. The van der Waals surface area contributed by atoms with Crippen LogP contribution in [0.5, 0.6) is 0 Å². The van der Waals surface area contributed by atoms with Gasteiger partial charge in [-0.25, -0.2) is 13.4 Å². The fourth-order valence-electron chi connectivity index (χ4n) is 3.92. The number of H-pyrrole nitrogens is 1. The SMILES string of the molecule is CN1CCN(S(=O)(=O)c2ccc(C(=O)Nc3cccc(C(=O)N[C@H](C=O)Cc4cnc[nH]4)c3)cc2)CC1. The van der Waals surface area contributed by atoms with Gasteiger partial charge in [0.25, 0.3) is 11.8 Å². The highest BCUT2D eigenvalue weighted by Crippen LogP contribution is 2.19. The van der Waals surface area contributed by atoms with Crippen molar-refractivity contribution in [3.05, 3.63) is 77.9 Å². The number of nitrogens with one attached hydrogen (secondary N) is 3. The number of aromatic nitrogens is 2. The molecule has 0 spiro atoms. The van der Waals surface area contributed by atoms with Crippen molar-refractivity contribution in [2.24, 2.45) is 0 Å². The van der Waals surface area contributed by atoms with Gasteiger partial charge in [0.05, 0.1) is 17.3 Å². The summed E-state index contributed by atoms with van der Waals surface area (Å²) in [6.07, 6.45) is 3.99. The summed E-state index contributed by atoms with van der Waals surface area (Å²) in [5, 5.41) is 5.37. The molecule has 1 atom stereocenters. The van der Waals surface area contributed by atoms with E-state index in [-0.39, 0.29) is 22.4 Å². The summed E-state index contributed by atoms with van der Waals surface area (Å²) < 4.78 is 27.2. The molecule has 12 heteroatoms. The van der Waals surface area contributed by atoms with Gasteiger partial charge in [0.2, 0.25) is 10.0 Å². The van der Waals surface area contributed by atoms with E-state index in [0.717, 1.165) is 0 Å². The predicted octanol–water partition coefficient (Wildman–Crippen LogP) is 1.14. The molecule has 1 saturated heterocycles. The van der Waals surface area contributed by atoms with E-state index < -0.39 is 27.9 Å². The van der Waals surface area contributed by atoms with Crippen LogP contribution < -0.4 is 10.6 Å². The number of anilines is 1. The largest absolute Gasteiger partial charge is 0.348 e. The second-order valence-corrected chi connectivity index (χ2v) is 10.7. The highest BCUT2D eigenvalue weighted by atomic mass is 32.2. The van der Waals surface area contributed by atoms with E-state index in [2.05, 4.69) is 25.5 Å². The zero-order valence-corrected chi connectivity index (χ0v) is 21.1. The smallest absolute Gasteiger partial charge is 0.255 e. The fraction of sp³-hybridized carbons (Fsp3) is 0.280. The van der Waals surface area contributed by atoms with Crippen molar-refractivity contribution in [3.8, 4) is 0 Å². The maximum Gasteiger partial charge on any atom is 0.255 e. The van der Waals surface area contributed by atoms with Gasteiger partial charge in [-0.05, 0) is 49.5 Å². The summed E-state index contributed by atoms with van der Waals surface area (Å²) in [6.45, 7) is 2.16. The van der Waals surface area contributed by atoms with Crippen molar-refractivity contribution < 1.29 is 22.8 Å². The van der Waals surface area contributed by atoms with Gasteiger partial charge >= 0.3 is 0 Å². The van der Waals surface area contributed by atoms with Crippen LogP contribution in [0.4, 0.5) is 5.69 Å². The van der Waals surface area contributed by atoms with E-state index in [4.69, 9.17) is 0 Å². The lowest BCUT2D eigenvalue weighted by molar-refractivity contribution is -0.109. The molecule has 2 heterocycles. The molecule has 11 nitrogen and oxygen atoms in total. The van der Waals surface area contributed by atoms with Crippen LogP contribution in [0.3, 0.4) is 0 Å². The summed E-state index contributed by atoms with van der Waals surface area (Å²) >= 11 is 0. The number of benzene rings is 2. The van der Waals surface area contributed by atoms with E-state index in [1.165, 1.54) is 41.0 Å². The summed E-state index contributed by atoms with van der Waals surface area (Å²) in [6, 6.07) is 11.3. The van der Waals surface area contributed by atoms with E-state index in [0.29, 0.717) is 43.8 Å². The number of likely N-dealkylation sites (N-methyl/N-ethyl adjacent to an activating group) is 1. The Balaban J connectivity index is 1.39. The van der Waals surface area contributed by atoms with Crippen molar-refractivity contribution in [1.82, 2.24) is 24.5 Å². The molecule has 0 unspecified atom stereocenters. The van der Waals surface area contributed by atoms with Crippen LogP contribution in [0, 0.1) is 0 Å². The first kappa shape index (κ1) is 26.2. The molecule has 194 valence electrons. The quantitative estimate of drug-likeness (QED) is 0.356. The number of aromatic amines is 1. The lowest BCUT2D eigenvalue weighted by Crippen LogP contribution is -2.47. The average molecular weight is 525 g/mol. The summed E-state index contributed by atoms with van der Waals surface area (Å²) in [4.78, 5) is 45.8. The highest BCUT2D eigenvalue weighted by molar-refractivity contribution is 7.89. The third-order valence-electron chi connectivity index (χ3n) is 6.07. The number of hydrogen-bond acceptors (Lipinski definition) is 7. The first-order valence-electron chi connectivity index (χ1n) is 11.7. The van der Waals surface area contributed by atoms with Gasteiger partial charge in [0, 0.05) is 61.3 Å². The van der Waals surface area contributed by atoms with Crippen molar-refractivity contribution in [2.45, 2.75) is 17.4 Å². The second kappa shape index (κ2) is 11.5. The maximum atomic E-state index is 12.9. The monoisotopic (exact) mass is 524 g/mol. The topological polar surface area (TPSA) is 145 Å². The lowest BCUT2D eigenvalue weighted by Gasteiger charge is -2.31. The summed E-state index contributed by atoms with van der Waals surface area (Å²) in [7, 11) is -1.68. The number of carbonyl (C=O) groups is 3. The normalized spacial score (nSPS) is 15.6. The molecule has 4 rings (SSSR count). The van der Waals surface area contributed by atoms with E-state index in [1.807, 2.05) is 7.05 Å². The van der Waals surface area contributed by atoms with Crippen molar-refractivity contribution in [1.29, 1.82) is 0 Å². The fourth-order valence-corrected chi connectivity index (χ4v) is 5.34. The van der Waals surface area contributed by atoms with Gasteiger partial charge in [0.15, 0.2) is 0 Å². The van der Waals surface area contributed by atoms with Crippen LogP contribution in [0.15, 0.2) is 66.0 Å². The number of carbonyl (C=O) groups excluding carboxylic acids is 3. The highest BCUT2D eigenvalue weighted by Gasteiger charge is 2.27. The van der Waals surface area contributed by atoms with Crippen molar-refractivity contribution >= 4 is 33.8 Å². The number of aldehydes is 1. The van der Waals surface area contributed by atoms with Crippen LogP contribution in [0.25, 0.3) is 0 Å². The molecule has 0 aliphatic carbocycles. The number of piperazine rings is 1. The van der Waals surface area contributed by atoms with Crippen LogP contribution >= 0.6 is 0 Å². The van der Waals surface area contributed by atoms with Gasteiger partial charge in [-0.3, -0.25) is 9.59 Å². The second-order valence-electron chi connectivity index (χ2n) is 8.76. The Bertz CT molecular complexity index is 1350. The van der Waals surface area contributed by atoms with Crippen LogP contribution in [-0.4, -0.2) is 85.0 Å². The van der Waals surface area contributed by atoms with Crippen LogP contribution in [0.1, 0.15) is 26.4 Å². The Hall–Kier alpha value is -3.87. The molecule has 0 saturated carbocycles. The molecule has 0 radical (unpaired) electrons. The third-order valence-corrected chi connectivity index (χ3v) is 7.99. The molecule has 2 amide bonds. The minimum absolute atomic E-state index is 0.132. The number of sulfonamides is 1. The van der Waals surface area contributed by atoms with Crippen LogP contribution in [-0.2, 0) is 21.2 Å². The Morgan fingerprint density at radius 3 is 2.43 bits per heavy atom. The minimum atomic E-state index is -3.63. The van der Waals surface area contributed by atoms with E-state index >= 15 is 0 Å². The standard InChI is InChI=1S/C25H28N6O5S/c1-30-9-11-31(12-10-30)37(35,36)23-7-5-18(6-8-23)24(33)28-20-4-2-3-19(13-20)25(34)29-22(16-32)14-21-15-26-17-27-21/h2-8,13,15-17,22H,9-12,14H2,1H3,(H,26,27)(H,28,33)(H,29,34)/t22-/m0/s1. The summed E-state index contributed by atoms with van der Waals surface area (Å²) in [5.41, 5.74) is 1.62. The zero-order valence-electron chi connectivity index (χ0n) is 20.3. The molecular formula is C25H28N6O5S. The average Bonchev–Trinajstić information content (AvgIpc) is 3.42. The predicted molar refractivity (Wildman–Crippen MR) is 137 cm³/mol. The molecule has 0 bridgehead atoms. The first-order valence-corrected chi connectivity index (χ1v) is 13.1. The third kappa shape index (κ3) is 6.47. The van der Waals surface area contributed by atoms with E-state index in [1.54, 1.807) is 24.4 Å². The molecular weight excluding hydrogens is 496 g/mol. The Kier molecular flexibility index (Phi) is 8.11. The maximum absolute atomic E-state index is 12.9. The molecule has 2 aromatic carbocycles. The summed E-state index contributed by atoms with van der Waals surface area (Å²) in [5.74, 6) is -0.919. The van der Waals surface area contributed by atoms with Gasteiger partial charge in [-0.15, -0.1) is 0 Å². The van der Waals surface area contributed by atoms with Gasteiger partial charge < -0.3 is 25.3 Å². The number of amides is 2. The minimum Gasteiger partial charge on any atom is -0.348 e. The van der Waals surface area contributed by atoms with Crippen molar-refractivity contribution in [3.63, 3.8) is 0 Å². The number of nitrogens with zero attached hydrogens (tertiary/aromatic N) is 3. The number of imidazole rings is 1. The Morgan fingerprint density at radius 1 is 1.05 bits per heavy atom.